The van der Waals surface area contributed by atoms with Crippen molar-refractivity contribution in [2.75, 3.05) is 45.7 Å². The van der Waals surface area contributed by atoms with Gasteiger partial charge in [-0.3, -0.25) is 14.5 Å². The highest BCUT2D eigenvalue weighted by molar-refractivity contribution is 5.98. The quantitative estimate of drug-likeness (QED) is 0.736. The predicted octanol–water partition coefficient (Wildman–Crippen LogP) is 4.03. The lowest BCUT2D eigenvalue weighted by molar-refractivity contribution is -0.114. The summed E-state index contributed by atoms with van der Waals surface area (Å²) in [5.74, 6) is 1.24. The summed E-state index contributed by atoms with van der Waals surface area (Å²) in [5.41, 5.74) is 1.12. The minimum atomic E-state index is -0.157. The molecule has 2 amide bonds. The molecule has 2 aliphatic rings. The number of amides is 2. The molecule has 0 saturated heterocycles. The van der Waals surface area contributed by atoms with Gasteiger partial charge in [0.2, 0.25) is 5.91 Å². The average molecular weight is 460 g/mol. The molecule has 1 heterocycles. The molecule has 7 nitrogen and oxygen atoms in total. The number of anilines is 1. The van der Waals surface area contributed by atoms with Crippen molar-refractivity contribution in [1.29, 1.82) is 0 Å². The number of likely N-dealkylation sites (N-methyl/N-ethyl adjacent to an activating group) is 1. The van der Waals surface area contributed by atoms with E-state index < -0.39 is 0 Å². The summed E-state index contributed by atoms with van der Waals surface area (Å²) in [6.45, 7) is 8.84. The third-order valence-electron chi connectivity index (χ3n) is 7.11. The number of ether oxygens (including phenoxy) is 2. The molecule has 1 aromatic carbocycles. The summed E-state index contributed by atoms with van der Waals surface area (Å²) in [5, 5.41) is 2.79. The van der Waals surface area contributed by atoms with Gasteiger partial charge in [-0.2, -0.15) is 0 Å². The van der Waals surface area contributed by atoms with Gasteiger partial charge in [-0.05, 0) is 43.7 Å². The number of nitrogens with one attached hydrogen (secondary N) is 1. The molecule has 1 N–H and O–H groups in total. The monoisotopic (exact) mass is 459 g/mol. The molecular formula is C26H41N3O4. The second-order valence-corrected chi connectivity index (χ2v) is 9.95. The van der Waals surface area contributed by atoms with E-state index in [1.165, 1.54) is 39.0 Å². The number of carbonyl (C=O) groups is 2. The lowest BCUT2D eigenvalue weighted by atomic mass is 9.88. The van der Waals surface area contributed by atoms with E-state index in [1.54, 1.807) is 37.3 Å². The highest BCUT2D eigenvalue weighted by Gasteiger charge is 2.29. The Balaban J connectivity index is 1.89. The van der Waals surface area contributed by atoms with Crippen LogP contribution in [0.3, 0.4) is 0 Å². The summed E-state index contributed by atoms with van der Waals surface area (Å²) in [6.07, 6.45) is 6.55. The molecule has 0 bridgehead atoms. The van der Waals surface area contributed by atoms with Gasteiger partial charge in [0.25, 0.3) is 5.91 Å². The highest BCUT2D eigenvalue weighted by Crippen LogP contribution is 2.29. The molecule has 1 aliphatic heterocycles. The minimum Gasteiger partial charge on any atom is -0.491 e. The van der Waals surface area contributed by atoms with Gasteiger partial charge in [0.1, 0.15) is 12.4 Å². The number of hydrogen-bond acceptors (Lipinski definition) is 5. The number of fused-ring (bicyclic) bond motifs is 1. The molecule has 0 aromatic heterocycles. The van der Waals surface area contributed by atoms with Gasteiger partial charge in [0.15, 0.2) is 0 Å². The maximum Gasteiger partial charge on any atom is 0.257 e. The second-order valence-electron chi connectivity index (χ2n) is 9.95. The van der Waals surface area contributed by atoms with Crippen LogP contribution in [0.2, 0.25) is 0 Å². The lowest BCUT2D eigenvalue weighted by Gasteiger charge is -2.38. The first-order valence-electron chi connectivity index (χ1n) is 12.3. The highest BCUT2D eigenvalue weighted by atomic mass is 16.5. The SMILES string of the molecule is CO[C@@H]1CN(C)C(=O)c2ccc(NC(C)=O)cc2OC[C@@H](C)N(CC2CCCCC2)C[C@H]1C. The summed E-state index contributed by atoms with van der Waals surface area (Å²) in [6, 6.07) is 5.43. The predicted molar refractivity (Wildman–Crippen MR) is 131 cm³/mol. The molecule has 0 unspecified atom stereocenters. The van der Waals surface area contributed by atoms with Crippen LogP contribution in [0.5, 0.6) is 5.75 Å². The first-order chi connectivity index (χ1) is 15.8. The van der Waals surface area contributed by atoms with Crippen molar-refractivity contribution in [2.45, 2.75) is 65.0 Å². The normalized spacial score (nSPS) is 26.0. The maximum atomic E-state index is 13.3. The number of carbonyl (C=O) groups excluding carboxylic acids is 2. The fraction of sp³-hybridized carbons (Fsp3) is 0.692. The van der Waals surface area contributed by atoms with Crippen molar-refractivity contribution in [1.82, 2.24) is 9.80 Å². The van der Waals surface area contributed by atoms with Crippen LogP contribution in [0.25, 0.3) is 0 Å². The standard InChI is InChI=1S/C26H41N3O4/c1-18-14-29(15-21-9-7-6-8-10-21)19(2)17-33-24-13-22(27-20(3)30)11-12-23(24)26(31)28(4)16-25(18)32-5/h11-13,18-19,21,25H,6-10,14-17H2,1-5H3,(H,27,30)/t18-,19-,25-/m1/s1. The molecule has 1 aromatic rings. The smallest absolute Gasteiger partial charge is 0.257 e. The maximum absolute atomic E-state index is 13.3. The van der Waals surface area contributed by atoms with E-state index >= 15 is 0 Å². The van der Waals surface area contributed by atoms with E-state index in [2.05, 4.69) is 24.1 Å². The van der Waals surface area contributed by atoms with Crippen LogP contribution >= 0.6 is 0 Å². The number of hydrogen-bond donors (Lipinski definition) is 1. The molecule has 3 atom stereocenters. The molecular weight excluding hydrogens is 418 g/mol. The van der Waals surface area contributed by atoms with Crippen LogP contribution in [0, 0.1) is 11.8 Å². The van der Waals surface area contributed by atoms with E-state index in [9.17, 15) is 9.59 Å². The third-order valence-corrected chi connectivity index (χ3v) is 7.11. The van der Waals surface area contributed by atoms with Crippen LogP contribution < -0.4 is 10.1 Å². The van der Waals surface area contributed by atoms with Crippen molar-refractivity contribution in [3.63, 3.8) is 0 Å². The van der Waals surface area contributed by atoms with E-state index in [-0.39, 0.29) is 29.9 Å². The molecule has 0 radical (unpaired) electrons. The zero-order valence-electron chi connectivity index (χ0n) is 20.9. The third kappa shape index (κ3) is 6.93. The number of methoxy groups -OCH3 is 1. The van der Waals surface area contributed by atoms with Crippen LogP contribution in [-0.4, -0.2) is 74.2 Å². The summed E-state index contributed by atoms with van der Waals surface area (Å²) in [7, 11) is 3.54. The molecule has 1 aliphatic carbocycles. The first kappa shape index (κ1) is 25.5. The Labute approximate surface area is 198 Å². The summed E-state index contributed by atoms with van der Waals surface area (Å²) in [4.78, 5) is 29.1. The van der Waals surface area contributed by atoms with Gasteiger partial charge in [-0.25, -0.2) is 0 Å². The van der Waals surface area contributed by atoms with E-state index in [1.807, 2.05) is 0 Å². The zero-order valence-corrected chi connectivity index (χ0v) is 20.9. The van der Waals surface area contributed by atoms with Crippen LogP contribution in [0.15, 0.2) is 18.2 Å². The lowest BCUT2D eigenvalue weighted by Crippen LogP contribution is -2.48. The van der Waals surface area contributed by atoms with Crippen molar-refractivity contribution in [3.05, 3.63) is 23.8 Å². The van der Waals surface area contributed by atoms with Crippen molar-refractivity contribution >= 4 is 17.5 Å². The Morgan fingerprint density at radius 3 is 2.58 bits per heavy atom. The summed E-state index contributed by atoms with van der Waals surface area (Å²) < 4.78 is 12.1. The molecule has 1 saturated carbocycles. The average Bonchev–Trinajstić information content (AvgIpc) is 2.79. The van der Waals surface area contributed by atoms with E-state index in [4.69, 9.17) is 9.47 Å². The van der Waals surface area contributed by atoms with Gasteiger partial charge in [0.05, 0.1) is 11.7 Å². The Morgan fingerprint density at radius 1 is 1.18 bits per heavy atom. The number of benzene rings is 1. The van der Waals surface area contributed by atoms with Gasteiger partial charge < -0.3 is 19.7 Å². The van der Waals surface area contributed by atoms with Crippen LogP contribution in [0.1, 0.15) is 63.2 Å². The topological polar surface area (TPSA) is 71.1 Å². The fourth-order valence-electron chi connectivity index (χ4n) is 5.08. The van der Waals surface area contributed by atoms with Crippen LogP contribution in [-0.2, 0) is 9.53 Å². The zero-order chi connectivity index (χ0) is 24.0. The van der Waals surface area contributed by atoms with Gasteiger partial charge >= 0.3 is 0 Å². The Bertz CT molecular complexity index is 809. The number of rotatable bonds is 4. The number of nitrogens with zero attached hydrogens (tertiary/aromatic N) is 2. The second kappa shape index (κ2) is 11.8. The van der Waals surface area contributed by atoms with Gasteiger partial charge in [0, 0.05) is 58.5 Å². The first-order valence-corrected chi connectivity index (χ1v) is 12.3. The Morgan fingerprint density at radius 2 is 1.91 bits per heavy atom. The fourth-order valence-corrected chi connectivity index (χ4v) is 5.08. The van der Waals surface area contributed by atoms with E-state index in [0.717, 1.165) is 19.0 Å². The molecule has 184 valence electrons. The van der Waals surface area contributed by atoms with Crippen LogP contribution in [0.4, 0.5) is 5.69 Å². The summed E-state index contributed by atoms with van der Waals surface area (Å²) >= 11 is 0. The van der Waals surface area contributed by atoms with Gasteiger partial charge in [-0.1, -0.05) is 26.2 Å². The van der Waals surface area contributed by atoms with Crippen molar-refractivity contribution < 1.29 is 19.1 Å². The van der Waals surface area contributed by atoms with E-state index in [0.29, 0.717) is 30.2 Å². The largest absolute Gasteiger partial charge is 0.491 e. The molecule has 33 heavy (non-hydrogen) atoms. The molecule has 0 spiro atoms. The Hall–Kier alpha value is -2.12. The Kier molecular flexibility index (Phi) is 9.15. The minimum absolute atomic E-state index is 0.0533. The van der Waals surface area contributed by atoms with Gasteiger partial charge in [-0.15, -0.1) is 0 Å². The molecule has 1 fully saturated rings. The molecule has 3 rings (SSSR count). The van der Waals surface area contributed by atoms with Crippen molar-refractivity contribution in [2.24, 2.45) is 11.8 Å². The van der Waals surface area contributed by atoms with Crippen molar-refractivity contribution in [3.8, 4) is 5.75 Å². The molecule has 7 heteroatoms.